The van der Waals surface area contributed by atoms with Gasteiger partial charge in [0.1, 0.15) is 0 Å². The third-order valence-electron chi connectivity index (χ3n) is 2.34. The van der Waals surface area contributed by atoms with Crippen molar-refractivity contribution in [2.45, 2.75) is 13.8 Å². The molecule has 0 aliphatic heterocycles. The molecule has 0 amide bonds. The van der Waals surface area contributed by atoms with Gasteiger partial charge in [-0.25, -0.2) is 0 Å². The van der Waals surface area contributed by atoms with Gasteiger partial charge in [0.15, 0.2) is 0 Å². The SMILES string of the molecule is Cc1nn(C)c2c(C)cc(N)cc12. The van der Waals surface area contributed by atoms with Crippen molar-refractivity contribution >= 4 is 16.6 Å². The van der Waals surface area contributed by atoms with Gasteiger partial charge in [0, 0.05) is 18.1 Å². The molecule has 1 aromatic heterocycles. The molecule has 2 rings (SSSR count). The lowest BCUT2D eigenvalue weighted by atomic mass is 10.1. The van der Waals surface area contributed by atoms with Gasteiger partial charge in [-0.05, 0) is 31.5 Å². The van der Waals surface area contributed by atoms with Crippen LogP contribution in [-0.2, 0) is 7.05 Å². The fraction of sp³-hybridized carbons (Fsp3) is 0.300. The molecule has 0 saturated heterocycles. The Balaban J connectivity index is 2.97. The van der Waals surface area contributed by atoms with E-state index in [-0.39, 0.29) is 0 Å². The van der Waals surface area contributed by atoms with Crippen LogP contribution in [0, 0.1) is 13.8 Å². The van der Waals surface area contributed by atoms with Crippen molar-refractivity contribution in [1.29, 1.82) is 0 Å². The summed E-state index contributed by atoms with van der Waals surface area (Å²) in [5, 5.41) is 5.51. The molecule has 0 saturated carbocycles. The number of nitrogens with two attached hydrogens (primary N) is 1. The fourth-order valence-corrected chi connectivity index (χ4v) is 1.84. The lowest BCUT2D eigenvalue weighted by Gasteiger charge is -2.00. The third-order valence-corrected chi connectivity index (χ3v) is 2.34. The van der Waals surface area contributed by atoms with Gasteiger partial charge in [-0.15, -0.1) is 0 Å². The predicted molar refractivity (Wildman–Crippen MR) is 54.6 cm³/mol. The average molecular weight is 175 g/mol. The maximum Gasteiger partial charge on any atom is 0.0712 e. The highest BCUT2D eigenvalue weighted by molar-refractivity contribution is 5.87. The van der Waals surface area contributed by atoms with Crippen molar-refractivity contribution in [2.75, 3.05) is 5.73 Å². The van der Waals surface area contributed by atoms with Crippen LogP contribution in [0.3, 0.4) is 0 Å². The minimum absolute atomic E-state index is 0.807. The molecule has 1 heterocycles. The van der Waals surface area contributed by atoms with Crippen molar-refractivity contribution in [3.8, 4) is 0 Å². The second-order valence-corrected chi connectivity index (χ2v) is 3.44. The number of benzene rings is 1. The van der Waals surface area contributed by atoms with Crippen LogP contribution in [-0.4, -0.2) is 9.78 Å². The van der Waals surface area contributed by atoms with Crippen LogP contribution in [0.4, 0.5) is 5.69 Å². The summed E-state index contributed by atoms with van der Waals surface area (Å²) in [4.78, 5) is 0. The number of hydrogen-bond donors (Lipinski definition) is 1. The highest BCUT2D eigenvalue weighted by Crippen LogP contribution is 2.23. The Morgan fingerprint density at radius 1 is 1.31 bits per heavy atom. The van der Waals surface area contributed by atoms with Crippen LogP contribution in [0.15, 0.2) is 12.1 Å². The summed E-state index contributed by atoms with van der Waals surface area (Å²) < 4.78 is 1.90. The van der Waals surface area contributed by atoms with Crippen LogP contribution in [0.1, 0.15) is 11.3 Å². The van der Waals surface area contributed by atoms with Crippen LogP contribution in [0.2, 0.25) is 0 Å². The molecule has 68 valence electrons. The van der Waals surface area contributed by atoms with E-state index in [0.717, 1.165) is 16.8 Å². The van der Waals surface area contributed by atoms with E-state index >= 15 is 0 Å². The summed E-state index contributed by atoms with van der Waals surface area (Å²) in [6.07, 6.45) is 0. The highest BCUT2D eigenvalue weighted by atomic mass is 15.3. The van der Waals surface area contributed by atoms with Crippen LogP contribution >= 0.6 is 0 Å². The van der Waals surface area contributed by atoms with Crippen molar-refractivity contribution in [2.24, 2.45) is 7.05 Å². The Bertz CT molecular complexity index is 468. The number of hydrogen-bond acceptors (Lipinski definition) is 2. The number of fused-ring (bicyclic) bond motifs is 1. The van der Waals surface area contributed by atoms with Gasteiger partial charge in [-0.1, -0.05) is 0 Å². The summed E-state index contributed by atoms with van der Waals surface area (Å²) in [6, 6.07) is 3.95. The number of rotatable bonds is 0. The van der Waals surface area contributed by atoms with Gasteiger partial charge in [-0.3, -0.25) is 4.68 Å². The Labute approximate surface area is 77.2 Å². The monoisotopic (exact) mass is 175 g/mol. The van der Waals surface area contributed by atoms with Crippen molar-refractivity contribution in [3.05, 3.63) is 23.4 Å². The van der Waals surface area contributed by atoms with E-state index in [4.69, 9.17) is 5.73 Å². The van der Waals surface area contributed by atoms with Crippen LogP contribution < -0.4 is 5.73 Å². The lowest BCUT2D eigenvalue weighted by molar-refractivity contribution is 0.781. The largest absolute Gasteiger partial charge is 0.399 e. The molecule has 13 heavy (non-hydrogen) atoms. The molecule has 0 bridgehead atoms. The quantitative estimate of drug-likeness (QED) is 0.620. The molecule has 0 fully saturated rings. The Morgan fingerprint density at radius 3 is 2.69 bits per heavy atom. The zero-order valence-corrected chi connectivity index (χ0v) is 8.13. The second-order valence-electron chi connectivity index (χ2n) is 3.44. The van der Waals surface area contributed by atoms with E-state index in [1.807, 2.05) is 30.8 Å². The highest BCUT2D eigenvalue weighted by Gasteiger charge is 2.07. The topological polar surface area (TPSA) is 43.8 Å². The first-order chi connectivity index (χ1) is 6.09. The molecule has 0 atom stereocenters. The lowest BCUT2D eigenvalue weighted by Crippen LogP contribution is -1.92. The first-order valence-electron chi connectivity index (χ1n) is 4.29. The third kappa shape index (κ3) is 1.08. The van der Waals surface area contributed by atoms with E-state index in [9.17, 15) is 0 Å². The Kier molecular flexibility index (Phi) is 1.55. The minimum Gasteiger partial charge on any atom is -0.399 e. The molecule has 2 N–H and O–H groups in total. The summed E-state index contributed by atoms with van der Waals surface area (Å²) in [6.45, 7) is 4.06. The van der Waals surface area contributed by atoms with E-state index < -0.39 is 0 Å². The Morgan fingerprint density at radius 2 is 2.00 bits per heavy atom. The number of nitrogens with zero attached hydrogens (tertiary/aromatic N) is 2. The van der Waals surface area contributed by atoms with E-state index in [0.29, 0.717) is 0 Å². The number of aryl methyl sites for hydroxylation is 3. The molecule has 1 aromatic carbocycles. The molecule has 0 aliphatic rings. The number of anilines is 1. The molecule has 0 unspecified atom stereocenters. The molecule has 3 nitrogen and oxygen atoms in total. The van der Waals surface area contributed by atoms with Gasteiger partial charge >= 0.3 is 0 Å². The standard InChI is InChI=1S/C10H13N3/c1-6-4-8(11)5-9-7(2)12-13(3)10(6)9/h4-5H,11H2,1-3H3. The molecule has 2 aromatic rings. The van der Waals surface area contributed by atoms with Gasteiger partial charge in [0.25, 0.3) is 0 Å². The van der Waals surface area contributed by atoms with Crippen molar-refractivity contribution < 1.29 is 0 Å². The van der Waals surface area contributed by atoms with Crippen molar-refractivity contribution in [3.63, 3.8) is 0 Å². The summed E-state index contributed by atoms with van der Waals surface area (Å²) in [5.41, 5.74) is 9.96. The fourth-order valence-electron chi connectivity index (χ4n) is 1.84. The summed E-state index contributed by atoms with van der Waals surface area (Å²) >= 11 is 0. The average Bonchev–Trinajstić information content (AvgIpc) is 2.27. The zero-order valence-electron chi connectivity index (χ0n) is 8.13. The van der Waals surface area contributed by atoms with E-state index in [2.05, 4.69) is 12.0 Å². The zero-order chi connectivity index (χ0) is 9.59. The first kappa shape index (κ1) is 8.10. The molecule has 0 spiro atoms. The van der Waals surface area contributed by atoms with Crippen LogP contribution in [0.5, 0.6) is 0 Å². The van der Waals surface area contributed by atoms with Gasteiger partial charge in [0.2, 0.25) is 0 Å². The predicted octanol–water partition coefficient (Wildman–Crippen LogP) is 1.77. The number of nitrogen functional groups attached to an aromatic ring is 1. The molecule has 0 aliphatic carbocycles. The second kappa shape index (κ2) is 2.49. The maximum absolute atomic E-state index is 5.77. The minimum atomic E-state index is 0.807. The Hall–Kier alpha value is -1.51. The maximum atomic E-state index is 5.77. The van der Waals surface area contributed by atoms with Gasteiger partial charge < -0.3 is 5.73 Å². The van der Waals surface area contributed by atoms with E-state index in [1.54, 1.807) is 0 Å². The van der Waals surface area contributed by atoms with Gasteiger partial charge in [-0.2, -0.15) is 5.10 Å². The number of aromatic nitrogens is 2. The molecule has 0 radical (unpaired) electrons. The normalized spacial score (nSPS) is 11.0. The first-order valence-corrected chi connectivity index (χ1v) is 4.29. The molecule has 3 heteroatoms. The van der Waals surface area contributed by atoms with Crippen LogP contribution in [0.25, 0.3) is 10.9 Å². The van der Waals surface area contributed by atoms with E-state index in [1.165, 1.54) is 11.1 Å². The van der Waals surface area contributed by atoms with Crippen molar-refractivity contribution in [1.82, 2.24) is 9.78 Å². The van der Waals surface area contributed by atoms with Gasteiger partial charge in [0.05, 0.1) is 11.2 Å². The summed E-state index contributed by atoms with van der Waals surface area (Å²) in [5.74, 6) is 0. The molecular formula is C10H13N3. The smallest absolute Gasteiger partial charge is 0.0712 e. The molecular weight excluding hydrogens is 162 g/mol. The summed E-state index contributed by atoms with van der Waals surface area (Å²) in [7, 11) is 1.96.